The first-order valence-corrected chi connectivity index (χ1v) is 15.3. The fourth-order valence-corrected chi connectivity index (χ4v) is 8.66. The van der Waals surface area contributed by atoms with E-state index in [1.807, 2.05) is 0 Å². The molecule has 0 radical (unpaired) electrons. The minimum atomic E-state index is -0.187. The molecule has 3 aliphatic heterocycles. The molecule has 2 aromatic carbocycles. The number of piperidine rings is 2. The lowest BCUT2D eigenvalue weighted by molar-refractivity contribution is 0.0886. The van der Waals surface area contributed by atoms with E-state index < -0.39 is 0 Å². The van der Waals surface area contributed by atoms with Gasteiger partial charge in [0.05, 0.1) is 12.1 Å². The molecule has 0 spiro atoms. The molecule has 2 fully saturated rings. The second-order valence-electron chi connectivity index (χ2n) is 12.7. The highest BCUT2D eigenvalue weighted by Gasteiger charge is 2.40. The van der Waals surface area contributed by atoms with E-state index in [1.165, 1.54) is 50.8 Å². The zero-order chi connectivity index (χ0) is 24.9. The summed E-state index contributed by atoms with van der Waals surface area (Å²) in [5, 5.41) is 14.4. The molecule has 2 N–H and O–H groups in total. The van der Waals surface area contributed by atoms with Crippen molar-refractivity contribution in [3.05, 3.63) is 76.4 Å². The van der Waals surface area contributed by atoms with E-state index in [0.717, 1.165) is 32.2 Å². The number of unbranched alkanes of at least 4 members (excludes halogenated alkanes) is 1. The lowest BCUT2D eigenvalue weighted by atomic mass is 9.65. The highest BCUT2D eigenvalue weighted by Crippen LogP contribution is 2.53. The minimum Gasteiger partial charge on any atom is -0.392 e. The van der Waals surface area contributed by atoms with Crippen LogP contribution in [0.15, 0.2) is 54.1 Å². The average molecular weight is 497 g/mol. The molecule has 4 aliphatic carbocycles. The van der Waals surface area contributed by atoms with Crippen molar-refractivity contribution in [2.75, 3.05) is 18.0 Å². The summed E-state index contributed by atoms with van der Waals surface area (Å²) in [5.74, 6) is 2.60. The number of aliphatic hydroxyl groups is 1. The smallest absolute Gasteiger partial charge is 0.0693 e. The van der Waals surface area contributed by atoms with Crippen LogP contribution < -0.4 is 10.2 Å². The topological polar surface area (TPSA) is 35.5 Å². The molecule has 7 atom stereocenters. The van der Waals surface area contributed by atoms with Crippen LogP contribution in [0.5, 0.6) is 0 Å². The zero-order valence-corrected chi connectivity index (χ0v) is 22.5. The van der Waals surface area contributed by atoms with Crippen LogP contribution in [0.2, 0.25) is 0 Å². The van der Waals surface area contributed by atoms with E-state index in [9.17, 15) is 5.11 Å². The number of nitrogens with one attached hydrogen (secondary N) is 1. The predicted octanol–water partition coefficient (Wildman–Crippen LogP) is 7.34. The molecule has 196 valence electrons. The molecular formula is C34H44N2O. The third kappa shape index (κ3) is 4.27. The van der Waals surface area contributed by atoms with Crippen molar-refractivity contribution >= 4 is 5.69 Å². The number of rotatable bonds is 7. The molecular weight excluding hydrogens is 452 g/mol. The fraction of sp³-hybridized carbons (Fsp3) is 0.588. The van der Waals surface area contributed by atoms with Gasteiger partial charge in [0.15, 0.2) is 0 Å². The van der Waals surface area contributed by atoms with Crippen molar-refractivity contribution in [3.8, 4) is 0 Å². The SMILES string of the molecule is CCCCC(O)C1CC(CC2=CC3CCC2c2cc(N4CC5CCC4c4ccccc45)ccc23)CCN1. The van der Waals surface area contributed by atoms with Gasteiger partial charge in [0, 0.05) is 36.0 Å². The van der Waals surface area contributed by atoms with Gasteiger partial charge >= 0.3 is 0 Å². The van der Waals surface area contributed by atoms with Gasteiger partial charge < -0.3 is 15.3 Å². The molecule has 4 bridgehead atoms. The highest BCUT2D eigenvalue weighted by molar-refractivity contribution is 5.61. The third-order valence-electron chi connectivity index (χ3n) is 10.6. The van der Waals surface area contributed by atoms with E-state index in [-0.39, 0.29) is 12.1 Å². The van der Waals surface area contributed by atoms with Crippen molar-refractivity contribution < 1.29 is 5.11 Å². The molecule has 0 amide bonds. The highest BCUT2D eigenvalue weighted by atomic mass is 16.3. The Morgan fingerprint density at radius 3 is 2.76 bits per heavy atom. The minimum absolute atomic E-state index is 0.187. The van der Waals surface area contributed by atoms with Crippen LogP contribution in [0.1, 0.15) is 117 Å². The van der Waals surface area contributed by atoms with Gasteiger partial charge in [-0.3, -0.25) is 0 Å². The second kappa shape index (κ2) is 9.89. The molecule has 3 heteroatoms. The third-order valence-corrected chi connectivity index (χ3v) is 10.6. The monoisotopic (exact) mass is 496 g/mol. The molecule has 7 unspecified atom stereocenters. The van der Waals surface area contributed by atoms with Crippen LogP contribution in [0, 0.1) is 5.92 Å². The molecule has 0 saturated carbocycles. The average Bonchev–Trinajstić information content (AvgIpc) is 2.96. The number of benzene rings is 2. The maximum atomic E-state index is 10.7. The van der Waals surface area contributed by atoms with Gasteiger partial charge in [-0.05, 0) is 98.2 Å². The van der Waals surface area contributed by atoms with Crippen LogP contribution in [0.3, 0.4) is 0 Å². The Balaban J connectivity index is 1.10. The van der Waals surface area contributed by atoms with E-state index >= 15 is 0 Å². The Kier molecular flexibility index (Phi) is 6.41. The van der Waals surface area contributed by atoms with E-state index in [0.29, 0.717) is 29.7 Å². The summed E-state index contributed by atoms with van der Waals surface area (Å²) in [7, 11) is 0. The summed E-state index contributed by atoms with van der Waals surface area (Å²) >= 11 is 0. The van der Waals surface area contributed by atoms with Crippen molar-refractivity contribution in [3.63, 3.8) is 0 Å². The number of fused-ring (bicyclic) bond motifs is 3. The molecule has 2 saturated heterocycles. The Labute approximate surface area is 223 Å². The number of nitrogens with zero attached hydrogens (tertiary/aromatic N) is 1. The van der Waals surface area contributed by atoms with Crippen molar-refractivity contribution in [2.45, 2.75) is 107 Å². The van der Waals surface area contributed by atoms with Crippen molar-refractivity contribution in [1.82, 2.24) is 5.32 Å². The van der Waals surface area contributed by atoms with Crippen LogP contribution in [0.4, 0.5) is 5.69 Å². The summed E-state index contributed by atoms with van der Waals surface area (Å²) in [6.45, 7) is 4.44. The zero-order valence-electron chi connectivity index (χ0n) is 22.5. The lowest BCUT2D eigenvalue weighted by Crippen LogP contribution is -2.46. The van der Waals surface area contributed by atoms with Gasteiger partial charge in [-0.2, -0.15) is 0 Å². The van der Waals surface area contributed by atoms with Gasteiger partial charge in [-0.25, -0.2) is 0 Å². The van der Waals surface area contributed by atoms with Crippen molar-refractivity contribution in [2.24, 2.45) is 5.92 Å². The molecule has 3 heterocycles. The molecule has 2 aromatic rings. The number of hydrogen-bond donors (Lipinski definition) is 2. The number of allylic oxidation sites excluding steroid dienone is 2. The van der Waals surface area contributed by atoms with Crippen LogP contribution in [-0.2, 0) is 0 Å². The van der Waals surface area contributed by atoms with Gasteiger partial charge in [-0.1, -0.05) is 61.7 Å². The Morgan fingerprint density at radius 1 is 0.973 bits per heavy atom. The van der Waals surface area contributed by atoms with Gasteiger partial charge in [0.25, 0.3) is 0 Å². The Morgan fingerprint density at radius 2 is 1.86 bits per heavy atom. The molecule has 9 rings (SSSR count). The van der Waals surface area contributed by atoms with Crippen LogP contribution in [-0.4, -0.2) is 30.3 Å². The summed E-state index contributed by atoms with van der Waals surface area (Å²) in [6, 6.07) is 17.6. The standard InChI is InChI=1S/C34H44N2O/c1-2-3-8-34(37)32-18-22(15-16-35-32)17-25-19-23-9-12-29(25)31-20-26(11-13-28(23)31)36-21-24-10-14-33(36)30-7-5-4-6-27(24)30/h4-7,11,13,19-20,22-24,29,32-35,37H,2-3,8-10,12,14-18,21H2,1H3. The molecule has 3 nitrogen and oxygen atoms in total. The molecule has 0 aromatic heterocycles. The lowest BCUT2D eigenvalue weighted by Gasteiger charge is -2.48. The summed E-state index contributed by atoms with van der Waals surface area (Å²) in [5.41, 5.74) is 9.58. The van der Waals surface area contributed by atoms with E-state index in [1.54, 1.807) is 27.8 Å². The first-order chi connectivity index (χ1) is 18.2. The van der Waals surface area contributed by atoms with Gasteiger partial charge in [0.1, 0.15) is 0 Å². The first-order valence-electron chi connectivity index (χ1n) is 15.3. The summed E-state index contributed by atoms with van der Waals surface area (Å²) in [4.78, 5) is 2.73. The maximum Gasteiger partial charge on any atom is 0.0693 e. The molecule has 7 aliphatic rings. The van der Waals surface area contributed by atoms with Crippen LogP contribution in [0.25, 0.3) is 0 Å². The number of anilines is 1. The van der Waals surface area contributed by atoms with Gasteiger partial charge in [-0.15, -0.1) is 0 Å². The first kappa shape index (κ1) is 24.0. The number of hydrogen-bond acceptors (Lipinski definition) is 3. The number of aliphatic hydroxyl groups excluding tert-OH is 1. The summed E-state index contributed by atoms with van der Waals surface area (Å²) < 4.78 is 0. The predicted molar refractivity (Wildman–Crippen MR) is 152 cm³/mol. The van der Waals surface area contributed by atoms with E-state index in [2.05, 4.69) is 65.7 Å². The largest absolute Gasteiger partial charge is 0.392 e. The normalized spacial score (nSPS) is 32.6. The maximum absolute atomic E-state index is 10.7. The fourth-order valence-electron chi connectivity index (χ4n) is 8.66. The van der Waals surface area contributed by atoms with Gasteiger partial charge in [0.2, 0.25) is 0 Å². The quantitative estimate of drug-likeness (QED) is 0.394. The second-order valence-corrected chi connectivity index (χ2v) is 12.7. The van der Waals surface area contributed by atoms with Crippen LogP contribution >= 0.6 is 0 Å². The molecule has 37 heavy (non-hydrogen) atoms. The Hall–Kier alpha value is -2.10. The van der Waals surface area contributed by atoms with Crippen molar-refractivity contribution in [1.29, 1.82) is 0 Å². The van der Waals surface area contributed by atoms with E-state index in [4.69, 9.17) is 0 Å². The summed E-state index contributed by atoms with van der Waals surface area (Å²) in [6.07, 6.45) is 14.5. The Bertz CT molecular complexity index is 1170.